The minimum atomic E-state index is -3.48. The van der Waals surface area contributed by atoms with Crippen LogP contribution in [0.3, 0.4) is 0 Å². The molecule has 1 aliphatic heterocycles. The summed E-state index contributed by atoms with van der Waals surface area (Å²) < 4.78 is 27.6. The highest BCUT2D eigenvalue weighted by molar-refractivity contribution is 9.10. The van der Waals surface area contributed by atoms with Gasteiger partial charge in [-0.3, -0.25) is 0 Å². The predicted octanol–water partition coefficient (Wildman–Crippen LogP) is 2.16. The molecule has 0 aliphatic carbocycles. The zero-order valence-electron chi connectivity index (χ0n) is 10.1. The summed E-state index contributed by atoms with van der Waals surface area (Å²) in [4.78, 5) is 0.232. The van der Waals surface area contributed by atoms with Crippen LogP contribution in [-0.2, 0) is 10.0 Å². The van der Waals surface area contributed by atoms with Crippen LogP contribution in [-0.4, -0.2) is 37.5 Å². The molecule has 19 heavy (non-hydrogen) atoms. The first-order valence-electron chi connectivity index (χ1n) is 5.73. The highest BCUT2D eigenvalue weighted by Crippen LogP contribution is 2.26. The molecule has 0 radical (unpaired) electrons. The summed E-state index contributed by atoms with van der Waals surface area (Å²) in [7, 11) is -3.48. The Hall–Kier alpha value is 0.110. The van der Waals surface area contributed by atoms with Gasteiger partial charge in [0.1, 0.15) is 0 Å². The van der Waals surface area contributed by atoms with Crippen LogP contribution in [0.2, 0.25) is 0 Å². The maximum atomic E-state index is 12.2. The standard InChI is InChI=1S/C11H15BrN2O2S3/c12-10-5-8(13)1-2-11(10)19(15,16)14-6-9-7-17-3-4-18-9/h1-2,5,9,14H,3-4,6-7,13H2. The number of rotatable bonds is 4. The fourth-order valence-electron chi connectivity index (χ4n) is 1.67. The van der Waals surface area contributed by atoms with Crippen LogP contribution in [0.5, 0.6) is 0 Å². The van der Waals surface area contributed by atoms with E-state index < -0.39 is 10.0 Å². The fourth-order valence-corrected chi connectivity index (χ4v) is 6.56. The Bertz CT molecular complexity index is 545. The van der Waals surface area contributed by atoms with Gasteiger partial charge in [-0.1, -0.05) is 0 Å². The molecule has 2 rings (SSSR count). The molecule has 106 valence electrons. The van der Waals surface area contributed by atoms with Gasteiger partial charge in [0.05, 0.1) is 4.90 Å². The average Bonchev–Trinajstić information content (AvgIpc) is 2.37. The van der Waals surface area contributed by atoms with E-state index in [-0.39, 0.29) is 4.90 Å². The molecule has 1 aromatic carbocycles. The molecule has 8 heteroatoms. The minimum Gasteiger partial charge on any atom is -0.399 e. The first-order chi connectivity index (χ1) is 8.99. The Morgan fingerprint density at radius 2 is 2.21 bits per heavy atom. The van der Waals surface area contributed by atoms with E-state index in [2.05, 4.69) is 20.7 Å². The highest BCUT2D eigenvalue weighted by Gasteiger charge is 2.21. The molecule has 0 spiro atoms. The summed E-state index contributed by atoms with van der Waals surface area (Å²) in [5, 5.41) is 0.348. The lowest BCUT2D eigenvalue weighted by Crippen LogP contribution is -2.33. The number of halogens is 1. The minimum absolute atomic E-state index is 0.232. The molecule has 0 bridgehead atoms. The van der Waals surface area contributed by atoms with Crippen molar-refractivity contribution in [1.82, 2.24) is 4.72 Å². The summed E-state index contributed by atoms with van der Waals surface area (Å²) in [6, 6.07) is 4.70. The lowest BCUT2D eigenvalue weighted by molar-refractivity contribution is 0.581. The van der Waals surface area contributed by atoms with E-state index in [1.54, 1.807) is 12.1 Å². The quantitative estimate of drug-likeness (QED) is 0.780. The van der Waals surface area contributed by atoms with Crippen LogP contribution in [0, 0.1) is 0 Å². The van der Waals surface area contributed by atoms with Gasteiger partial charge in [0.15, 0.2) is 0 Å². The summed E-state index contributed by atoms with van der Waals surface area (Å²) in [6.07, 6.45) is 0. The van der Waals surface area contributed by atoms with Crippen LogP contribution in [0.15, 0.2) is 27.6 Å². The zero-order valence-corrected chi connectivity index (χ0v) is 14.2. The fraction of sp³-hybridized carbons (Fsp3) is 0.455. The average molecular weight is 383 g/mol. The van der Waals surface area contributed by atoms with Gasteiger partial charge in [0.2, 0.25) is 10.0 Å². The van der Waals surface area contributed by atoms with E-state index in [1.165, 1.54) is 6.07 Å². The van der Waals surface area contributed by atoms with Crippen molar-refractivity contribution in [3.63, 3.8) is 0 Å². The molecular weight excluding hydrogens is 368 g/mol. The molecule has 1 heterocycles. The maximum absolute atomic E-state index is 12.2. The third-order valence-corrected chi connectivity index (χ3v) is 7.88. The van der Waals surface area contributed by atoms with Crippen LogP contribution in [0.4, 0.5) is 5.69 Å². The number of nitrogens with two attached hydrogens (primary N) is 1. The second kappa shape index (κ2) is 6.71. The Labute approximate surface area is 130 Å². The Morgan fingerprint density at radius 3 is 2.84 bits per heavy atom. The summed E-state index contributed by atoms with van der Waals surface area (Å²) in [6.45, 7) is 0.469. The van der Waals surface area contributed by atoms with Gasteiger partial charge >= 0.3 is 0 Å². The SMILES string of the molecule is Nc1ccc(S(=O)(=O)NCC2CSCCS2)c(Br)c1. The summed E-state index contributed by atoms with van der Waals surface area (Å²) in [5.41, 5.74) is 6.14. The van der Waals surface area contributed by atoms with Crippen LogP contribution in [0.25, 0.3) is 0 Å². The third kappa shape index (κ3) is 4.29. The van der Waals surface area contributed by atoms with Crippen molar-refractivity contribution in [3.8, 4) is 0 Å². The van der Waals surface area contributed by atoms with E-state index in [0.29, 0.717) is 22.0 Å². The van der Waals surface area contributed by atoms with E-state index in [1.807, 2.05) is 23.5 Å². The zero-order chi connectivity index (χ0) is 13.9. The second-order valence-corrected chi connectivity index (χ2v) is 9.26. The van der Waals surface area contributed by atoms with Crippen LogP contribution in [0.1, 0.15) is 0 Å². The van der Waals surface area contributed by atoms with Gasteiger partial charge in [-0.2, -0.15) is 23.5 Å². The molecule has 1 unspecified atom stereocenters. The third-order valence-electron chi connectivity index (χ3n) is 2.63. The van der Waals surface area contributed by atoms with E-state index in [4.69, 9.17) is 5.73 Å². The molecular formula is C11H15BrN2O2S3. The highest BCUT2D eigenvalue weighted by atomic mass is 79.9. The monoisotopic (exact) mass is 382 g/mol. The van der Waals surface area contributed by atoms with Crippen molar-refractivity contribution >= 4 is 55.2 Å². The lowest BCUT2D eigenvalue weighted by atomic mass is 10.3. The van der Waals surface area contributed by atoms with Crippen molar-refractivity contribution in [2.75, 3.05) is 29.5 Å². The number of nitrogen functional groups attached to an aromatic ring is 1. The van der Waals surface area contributed by atoms with Gasteiger partial charge in [-0.25, -0.2) is 13.1 Å². The molecule has 0 amide bonds. The molecule has 3 N–H and O–H groups in total. The Balaban J connectivity index is 2.05. The molecule has 1 saturated heterocycles. The second-order valence-electron chi connectivity index (χ2n) is 4.11. The molecule has 1 aromatic rings. The van der Waals surface area contributed by atoms with Crippen LogP contribution >= 0.6 is 39.5 Å². The molecule has 1 atom stereocenters. The Kier molecular flexibility index (Phi) is 5.47. The van der Waals surface area contributed by atoms with Crippen molar-refractivity contribution in [3.05, 3.63) is 22.7 Å². The van der Waals surface area contributed by atoms with Crippen molar-refractivity contribution in [2.24, 2.45) is 0 Å². The first kappa shape index (κ1) is 15.5. The topological polar surface area (TPSA) is 72.2 Å². The number of thioether (sulfide) groups is 2. The van der Waals surface area contributed by atoms with Gasteiger partial charge in [-0.15, -0.1) is 0 Å². The van der Waals surface area contributed by atoms with Gasteiger partial charge in [0, 0.05) is 39.2 Å². The summed E-state index contributed by atoms with van der Waals surface area (Å²) in [5.74, 6) is 3.23. The Morgan fingerprint density at radius 1 is 1.42 bits per heavy atom. The molecule has 4 nitrogen and oxygen atoms in total. The maximum Gasteiger partial charge on any atom is 0.241 e. The summed E-state index contributed by atoms with van der Waals surface area (Å²) >= 11 is 6.94. The number of anilines is 1. The largest absolute Gasteiger partial charge is 0.399 e. The van der Waals surface area contributed by atoms with E-state index in [9.17, 15) is 8.42 Å². The number of benzene rings is 1. The van der Waals surface area contributed by atoms with Crippen molar-refractivity contribution < 1.29 is 8.42 Å². The van der Waals surface area contributed by atoms with Crippen LogP contribution < -0.4 is 10.5 Å². The van der Waals surface area contributed by atoms with Gasteiger partial charge in [-0.05, 0) is 34.1 Å². The first-order valence-corrected chi connectivity index (χ1v) is 10.2. The number of hydrogen-bond donors (Lipinski definition) is 2. The normalized spacial score (nSPS) is 20.4. The molecule has 0 saturated carbocycles. The number of nitrogens with one attached hydrogen (secondary N) is 1. The number of sulfonamides is 1. The molecule has 1 aliphatic rings. The predicted molar refractivity (Wildman–Crippen MR) is 87.3 cm³/mol. The lowest BCUT2D eigenvalue weighted by Gasteiger charge is -2.21. The smallest absolute Gasteiger partial charge is 0.241 e. The molecule has 1 fully saturated rings. The van der Waals surface area contributed by atoms with E-state index >= 15 is 0 Å². The van der Waals surface area contributed by atoms with Gasteiger partial charge < -0.3 is 5.73 Å². The van der Waals surface area contributed by atoms with E-state index in [0.717, 1.165) is 17.3 Å². The molecule has 0 aromatic heterocycles. The number of hydrogen-bond acceptors (Lipinski definition) is 5. The van der Waals surface area contributed by atoms with Gasteiger partial charge in [0.25, 0.3) is 0 Å². The van der Waals surface area contributed by atoms with Crippen molar-refractivity contribution in [2.45, 2.75) is 10.1 Å². The van der Waals surface area contributed by atoms with Crippen molar-refractivity contribution in [1.29, 1.82) is 0 Å².